The van der Waals surface area contributed by atoms with Gasteiger partial charge >= 0.3 is 0 Å². The fraction of sp³-hybridized carbons (Fsp3) is 0.548. The van der Waals surface area contributed by atoms with E-state index in [1.54, 1.807) is 0 Å². The third kappa shape index (κ3) is 6.11. The van der Waals surface area contributed by atoms with Gasteiger partial charge in [-0.25, -0.2) is 0 Å². The number of benzene rings is 2. The number of carbonyl (C=O) groups excluding carboxylic acids is 2. The molecular formula is C31H45N5O2. The molecule has 2 aliphatic heterocycles. The van der Waals surface area contributed by atoms with Crippen molar-refractivity contribution in [1.82, 2.24) is 20.0 Å². The monoisotopic (exact) mass is 519 g/mol. The van der Waals surface area contributed by atoms with Crippen molar-refractivity contribution in [3.8, 4) is 0 Å². The fourth-order valence-electron chi connectivity index (χ4n) is 5.76. The van der Waals surface area contributed by atoms with Crippen LogP contribution in [0.3, 0.4) is 0 Å². The van der Waals surface area contributed by atoms with Crippen LogP contribution < -0.4 is 10.2 Å². The van der Waals surface area contributed by atoms with E-state index >= 15 is 0 Å². The predicted octanol–water partition coefficient (Wildman–Crippen LogP) is 3.11. The van der Waals surface area contributed by atoms with Crippen molar-refractivity contribution in [2.45, 2.75) is 38.1 Å². The number of amides is 1. The van der Waals surface area contributed by atoms with Crippen LogP contribution in [0.4, 0.5) is 5.69 Å². The molecule has 0 radical (unpaired) electrons. The number of carbonyl (C=O) groups is 2. The van der Waals surface area contributed by atoms with Crippen LogP contribution in [0.15, 0.2) is 48.5 Å². The first-order valence-corrected chi connectivity index (χ1v) is 14.1. The van der Waals surface area contributed by atoms with Crippen LogP contribution in [-0.2, 0) is 11.2 Å². The zero-order valence-corrected chi connectivity index (χ0v) is 23.9. The lowest BCUT2D eigenvalue weighted by Crippen LogP contribution is -2.52. The Hall–Kier alpha value is -2.74. The molecule has 0 spiro atoms. The van der Waals surface area contributed by atoms with Crippen molar-refractivity contribution in [2.75, 3.05) is 78.4 Å². The Morgan fingerprint density at radius 2 is 1.53 bits per heavy atom. The second-order valence-corrected chi connectivity index (χ2v) is 11.2. The van der Waals surface area contributed by atoms with Gasteiger partial charge in [-0.3, -0.25) is 14.5 Å². The van der Waals surface area contributed by atoms with Gasteiger partial charge in [-0.2, -0.15) is 0 Å². The molecule has 7 nitrogen and oxygen atoms in total. The number of rotatable bonds is 9. The summed E-state index contributed by atoms with van der Waals surface area (Å²) in [6, 6.07) is 16.5. The third-order valence-electron chi connectivity index (χ3n) is 8.64. The number of hydrogen-bond donors (Lipinski definition) is 1. The highest BCUT2D eigenvalue weighted by Crippen LogP contribution is 2.30. The largest absolute Gasteiger partial charge is 0.369 e. The van der Waals surface area contributed by atoms with Gasteiger partial charge in [0.2, 0.25) is 5.91 Å². The van der Waals surface area contributed by atoms with E-state index in [1.807, 2.05) is 38.1 Å². The SMILES string of the molecule is CCC(Cc1ccc(C(C)C(=O)N2CCNCC2)cc1)(C(=O)c1ccc(N2CCN(C)CC2)cc1)N(C)C. The molecule has 2 atom stereocenters. The van der Waals surface area contributed by atoms with Crippen LogP contribution in [0.2, 0.25) is 0 Å². The van der Waals surface area contributed by atoms with E-state index in [9.17, 15) is 9.59 Å². The number of likely N-dealkylation sites (N-methyl/N-ethyl adjacent to an activating group) is 2. The molecule has 2 aliphatic rings. The summed E-state index contributed by atoms with van der Waals surface area (Å²) < 4.78 is 0. The van der Waals surface area contributed by atoms with E-state index in [4.69, 9.17) is 0 Å². The summed E-state index contributed by atoms with van der Waals surface area (Å²) in [6.07, 6.45) is 1.33. The molecule has 4 rings (SSSR count). The van der Waals surface area contributed by atoms with E-state index in [2.05, 4.69) is 70.4 Å². The molecule has 0 aromatic heterocycles. The second-order valence-electron chi connectivity index (χ2n) is 11.2. The van der Waals surface area contributed by atoms with Crippen molar-refractivity contribution >= 4 is 17.4 Å². The molecule has 2 saturated heterocycles. The minimum Gasteiger partial charge on any atom is -0.369 e. The molecule has 2 heterocycles. The number of nitrogens with zero attached hydrogens (tertiary/aromatic N) is 4. The van der Waals surface area contributed by atoms with Crippen molar-refractivity contribution < 1.29 is 9.59 Å². The van der Waals surface area contributed by atoms with Gasteiger partial charge < -0.3 is 20.0 Å². The van der Waals surface area contributed by atoms with Crippen LogP contribution in [0.25, 0.3) is 0 Å². The van der Waals surface area contributed by atoms with Crippen molar-refractivity contribution in [1.29, 1.82) is 0 Å². The first-order valence-electron chi connectivity index (χ1n) is 14.1. The molecule has 2 fully saturated rings. The Kier molecular flexibility index (Phi) is 9.23. The van der Waals surface area contributed by atoms with E-state index in [0.29, 0.717) is 12.8 Å². The molecule has 7 heteroatoms. The van der Waals surface area contributed by atoms with Gasteiger partial charge in [0.25, 0.3) is 0 Å². The van der Waals surface area contributed by atoms with Crippen LogP contribution in [-0.4, -0.2) is 105 Å². The van der Waals surface area contributed by atoms with Crippen LogP contribution in [0.1, 0.15) is 47.7 Å². The Balaban J connectivity index is 1.48. The molecule has 2 aromatic carbocycles. The molecule has 206 valence electrons. The maximum atomic E-state index is 14.0. The number of anilines is 1. The molecular weight excluding hydrogens is 474 g/mol. The van der Waals surface area contributed by atoms with Crippen molar-refractivity contribution in [2.24, 2.45) is 0 Å². The van der Waals surface area contributed by atoms with Gasteiger partial charge in [0.05, 0.1) is 11.5 Å². The lowest BCUT2D eigenvalue weighted by Gasteiger charge is -2.38. The zero-order valence-electron chi connectivity index (χ0n) is 23.9. The molecule has 1 amide bonds. The Morgan fingerprint density at radius 1 is 0.921 bits per heavy atom. The summed E-state index contributed by atoms with van der Waals surface area (Å²) in [5.41, 5.74) is 3.43. The van der Waals surface area contributed by atoms with E-state index in [1.165, 1.54) is 5.69 Å². The van der Waals surface area contributed by atoms with Gasteiger partial charge in [-0.15, -0.1) is 0 Å². The summed E-state index contributed by atoms with van der Waals surface area (Å²) in [5.74, 6) is 0.166. The molecule has 0 bridgehead atoms. The smallest absolute Gasteiger partial charge is 0.229 e. The summed E-state index contributed by atoms with van der Waals surface area (Å²) in [4.78, 5) is 35.7. The topological polar surface area (TPSA) is 59.1 Å². The molecule has 0 aliphatic carbocycles. The Morgan fingerprint density at radius 3 is 2.08 bits per heavy atom. The summed E-state index contributed by atoms with van der Waals surface area (Å²) in [5, 5.41) is 3.30. The number of ketones is 1. The second kappa shape index (κ2) is 12.4. The maximum absolute atomic E-state index is 14.0. The average molecular weight is 520 g/mol. The number of Topliss-reactive ketones (excluding diaryl/α,β-unsaturated/α-hetero) is 1. The van der Waals surface area contributed by atoms with Crippen LogP contribution >= 0.6 is 0 Å². The first-order chi connectivity index (χ1) is 18.2. The average Bonchev–Trinajstić information content (AvgIpc) is 2.96. The van der Waals surface area contributed by atoms with Gasteiger partial charge in [0.15, 0.2) is 5.78 Å². The maximum Gasteiger partial charge on any atom is 0.229 e. The Labute approximate surface area is 228 Å². The molecule has 38 heavy (non-hydrogen) atoms. The van der Waals surface area contributed by atoms with Gasteiger partial charge in [-0.1, -0.05) is 31.2 Å². The normalized spacial score (nSPS) is 19.3. The first kappa shape index (κ1) is 28.3. The molecule has 2 aromatic rings. The highest BCUT2D eigenvalue weighted by atomic mass is 16.2. The van der Waals surface area contributed by atoms with Crippen molar-refractivity contribution in [3.63, 3.8) is 0 Å². The van der Waals surface area contributed by atoms with E-state index < -0.39 is 5.54 Å². The highest BCUT2D eigenvalue weighted by molar-refractivity contribution is 6.03. The molecule has 2 unspecified atom stereocenters. The standard InChI is InChI=1S/C31H45N5O2/c1-6-31(33(3)4,29(37)27-11-13-28(14-12-27)35-21-19-34(5)20-22-35)23-25-7-9-26(10-8-25)24(2)30(38)36-17-15-32-16-18-36/h7-14,24,32H,6,15-23H2,1-5H3. The number of piperazine rings is 2. The third-order valence-corrected chi connectivity index (χ3v) is 8.64. The number of nitrogens with one attached hydrogen (secondary N) is 1. The Bertz CT molecular complexity index is 1070. The lowest BCUT2D eigenvalue weighted by atomic mass is 9.80. The quantitative estimate of drug-likeness (QED) is 0.514. The zero-order chi connectivity index (χ0) is 27.3. The van der Waals surface area contributed by atoms with E-state index in [-0.39, 0.29) is 17.6 Å². The molecule has 0 saturated carbocycles. The summed E-state index contributed by atoms with van der Waals surface area (Å²) >= 11 is 0. The molecule has 1 N–H and O–H groups in total. The van der Waals surface area contributed by atoms with Crippen molar-refractivity contribution in [3.05, 3.63) is 65.2 Å². The van der Waals surface area contributed by atoms with Gasteiger partial charge in [0, 0.05) is 63.6 Å². The minimum absolute atomic E-state index is 0.154. The summed E-state index contributed by atoms with van der Waals surface area (Å²) in [6.45, 7) is 11.5. The van der Waals surface area contributed by atoms with E-state index in [0.717, 1.165) is 69.0 Å². The van der Waals surface area contributed by atoms with Crippen LogP contribution in [0, 0.1) is 0 Å². The van der Waals surface area contributed by atoms with Gasteiger partial charge in [-0.05, 0) is 76.3 Å². The minimum atomic E-state index is -0.640. The summed E-state index contributed by atoms with van der Waals surface area (Å²) in [7, 11) is 6.16. The highest BCUT2D eigenvalue weighted by Gasteiger charge is 2.39. The fourth-order valence-corrected chi connectivity index (χ4v) is 5.76. The number of hydrogen-bond acceptors (Lipinski definition) is 6. The predicted molar refractivity (Wildman–Crippen MR) is 155 cm³/mol. The van der Waals surface area contributed by atoms with Gasteiger partial charge in [0.1, 0.15) is 0 Å². The lowest BCUT2D eigenvalue weighted by molar-refractivity contribution is -0.133. The van der Waals surface area contributed by atoms with Crippen LogP contribution in [0.5, 0.6) is 0 Å².